The first-order valence-corrected chi connectivity index (χ1v) is 8.72. The third kappa shape index (κ3) is 4.69. The first-order chi connectivity index (χ1) is 11.4. The summed E-state index contributed by atoms with van der Waals surface area (Å²) in [5.74, 6) is 0. The second-order valence-electron chi connectivity index (χ2n) is 6.04. The van der Waals surface area contributed by atoms with Crippen molar-refractivity contribution in [1.29, 1.82) is 0 Å². The fourth-order valence-electron chi connectivity index (χ4n) is 2.58. The van der Waals surface area contributed by atoms with E-state index in [0.29, 0.717) is 12.1 Å². The summed E-state index contributed by atoms with van der Waals surface area (Å²) in [6.45, 7) is 4.41. The van der Waals surface area contributed by atoms with E-state index >= 15 is 0 Å². The standard InChI is InChI=1S/C17H24N4O2S/c1-11-7-12(2)20-16(22)14(11)8-18-17(23)19-9-15(21(3)4)13-5-6-24-10-13/h5-7,10,15H,8-9H2,1-4H3,(H,20,22)(H2,18,19,23)/t15-/m1/s1. The third-order valence-corrected chi connectivity index (χ3v) is 4.63. The molecule has 0 aliphatic rings. The largest absolute Gasteiger partial charge is 0.336 e. The van der Waals surface area contributed by atoms with Crippen LogP contribution in [0.4, 0.5) is 4.79 Å². The molecule has 7 heteroatoms. The van der Waals surface area contributed by atoms with Crippen LogP contribution < -0.4 is 16.2 Å². The molecule has 6 nitrogen and oxygen atoms in total. The van der Waals surface area contributed by atoms with Crippen molar-refractivity contribution >= 4 is 17.4 Å². The molecule has 0 aliphatic carbocycles. The van der Waals surface area contributed by atoms with Crippen LogP contribution in [0, 0.1) is 13.8 Å². The molecule has 2 amide bonds. The second-order valence-corrected chi connectivity index (χ2v) is 6.82. The van der Waals surface area contributed by atoms with E-state index in [2.05, 4.69) is 32.0 Å². The van der Waals surface area contributed by atoms with Crippen LogP contribution in [0.1, 0.15) is 28.4 Å². The number of aromatic nitrogens is 1. The van der Waals surface area contributed by atoms with Gasteiger partial charge in [-0.25, -0.2) is 4.79 Å². The Bertz CT molecular complexity index is 738. The van der Waals surface area contributed by atoms with Crippen molar-refractivity contribution in [3.63, 3.8) is 0 Å². The molecular formula is C17H24N4O2S. The Kier molecular flexibility index (Phi) is 6.16. The zero-order valence-corrected chi connectivity index (χ0v) is 15.3. The van der Waals surface area contributed by atoms with E-state index in [1.165, 1.54) is 5.56 Å². The van der Waals surface area contributed by atoms with Gasteiger partial charge in [0.05, 0.1) is 12.6 Å². The predicted molar refractivity (Wildman–Crippen MR) is 97.5 cm³/mol. The van der Waals surface area contributed by atoms with Gasteiger partial charge in [-0.1, -0.05) is 0 Å². The van der Waals surface area contributed by atoms with Gasteiger partial charge in [-0.05, 0) is 62.0 Å². The molecule has 0 saturated carbocycles. The molecule has 24 heavy (non-hydrogen) atoms. The first-order valence-electron chi connectivity index (χ1n) is 7.78. The SMILES string of the molecule is Cc1cc(C)c(CNC(=O)NC[C@H](c2ccsc2)N(C)C)c(=O)[nH]1. The zero-order valence-electron chi connectivity index (χ0n) is 14.5. The van der Waals surface area contributed by atoms with Gasteiger partial charge in [0.2, 0.25) is 0 Å². The average molecular weight is 348 g/mol. The minimum absolute atomic E-state index is 0.117. The fraction of sp³-hybridized carbons (Fsp3) is 0.412. The van der Waals surface area contributed by atoms with Crippen LogP contribution in [0.3, 0.4) is 0 Å². The molecule has 3 N–H and O–H groups in total. The normalized spacial score (nSPS) is 12.2. The third-order valence-electron chi connectivity index (χ3n) is 3.93. The van der Waals surface area contributed by atoms with Crippen molar-refractivity contribution in [2.45, 2.75) is 26.4 Å². The number of nitrogens with zero attached hydrogens (tertiary/aromatic N) is 1. The van der Waals surface area contributed by atoms with Gasteiger partial charge in [0.1, 0.15) is 0 Å². The average Bonchev–Trinajstić information content (AvgIpc) is 3.00. The Balaban J connectivity index is 1.91. The summed E-state index contributed by atoms with van der Waals surface area (Å²) < 4.78 is 0. The van der Waals surface area contributed by atoms with Crippen LogP contribution in [0.15, 0.2) is 27.7 Å². The van der Waals surface area contributed by atoms with Crippen LogP contribution in [0.2, 0.25) is 0 Å². The number of nitrogens with one attached hydrogen (secondary N) is 3. The van der Waals surface area contributed by atoms with Gasteiger partial charge in [0.15, 0.2) is 0 Å². The molecular weight excluding hydrogens is 324 g/mol. The van der Waals surface area contributed by atoms with Gasteiger partial charge < -0.3 is 20.5 Å². The number of aryl methyl sites for hydroxylation is 2. The molecule has 0 aliphatic heterocycles. The Hall–Kier alpha value is -2.12. The zero-order chi connectivity index (χ0) is 17.7. The van der Waals surface area contributed by atoms with Crippen molar-refractivity contribution in [2.24, 2.45) is 0 Å². The number of urea groups is 1. The molecule has 0 saturated heterocycles. The van der Waals surface area contributed by atoms with E-state index in [9.17, 15) is 9.59 Å². The Morgan fingerprint density at radius 3 is 2.67 bits per heavy atom. The van der Waals surface area contributed by atoms with Gasteiger partial charge in [-0.15, -0.1) is 0 Å². The lowest BCUT2D eigenvalue weighted by atomic mass is 10.1. The first kappa shape index (κ1) is 18.2. The van der Waals surface area contributed by atoms with E-state index in [0.717, 1.165) is 11.3 Å². The molecule has 1 atom stereocenters. The number of rotatable bonds is 6. The van der Waals surface area contributed by atoms with E-state index in [1.54, 1.807) is 11.3 Å². The van der Waals surface area contributed by atoms with Crippen LogP contribution in [-0.2, 0) is 6.54 Å². The lowest BCUT2D eigenvalue weighted by molar-refractivity contribution is 0.232. The fourth-order valence-corrected chi connectivity index (χ4v) is 3.29. The highest BCUT2D eigenvalue weighted by Crippen LogP contribution is 2.19. The molecule has 130 valence electrons. The van der Waals surface area contributed by atoms with Crippen LogP contribution in [0.25, 0.3) is 0 Å². The molecule has 2 heterocycles. The van der Waals surface area contributed by atoms with Crippen LogP contribution in [-0.4, -0.2) is 36.6 Å². The van der Waals surface area contributed by atoms with Gasteiger partial charge in [0.25, 0.3) is 5.56 Å². The minimum atomic E-state index is -0.281. The lowest BCUT2D eigenvalue weighted by Crippen LogP contribution is -2.40. The summed E-state index contributed by atoms with van der Waals surface area (Å²) in [7, 11) is 3.97. The van der Waals surface area contributed by atoms with Crippen molar-refractivity contribution in [3.05, 3.63) is 55.6 Å². The molecule has 0 bridgehead atoms. The summed E-state index contributed by atoms with van der Waals surface area (Å²) in [5, 5.41) is 9.74. The highest BCUT2D eigenvalue weighted by Gasteiger charge is 2.15. The highest BCUT2D eigenvalue weighted by atomic mass is 32.1. The van der Waals surface area contributed by atoms with Crippen molar-refractivity contribution in [2.75, 3.05) is 20.6 Å². The maximum absolute atomic E-state index is 12.1. The molecule has 0 unspecified atom stereocenters. The molecule has 0 spiro atoms. The van der Waals surface area contributed by atoms with E-state index in [-0.39, 0.29) is 24.2 Å². The minimum Gasteiger partial charge on any atom is -0.336 e. The number of pyridine rings is 1. The number of carbonyl (C=O) groups excluding carboxylic acids is 1. The van der Waals surface area contributed by atoms with E-state index in [4.69, 9.17) is 0 Å². The summed E-state index contributed by atoms with van der Waals surface area (Å²) in [4.78, 5) is 28.8. The van der Waals surface area contributed by atoms with E-state index in [1.807, 2.05) is 39.4 Å². The summed E-state index contributed by atoms with van der Waals surface area (Å²) in [6.07, 6.45) is 0. The van der Waals surface area contributed by atoms with Gasteiger partial charge in [-0.3, -0.25) is 4.79 Å². The van der Waals surface area contributed by atoms with Crippen LogP contribution in [0.5, 0.6) is 0 Å². The number of hydrogen-bond donors (Lipinski definition) is 3. The van der Waals surface area contributed by atoms with E-state index < -0.39 is 0 Å². The Morgan fingerprint density at radius 2 is 2.08 bits per heavy atom. The van der Waals surface area contributed by atoms with Crippen molar-refractivity contribution < 1.29 is 4.79 Å². The molecule has 0 aromatic carbocycles. The van der Waals surface area contributed by atoms with Crippen molar-refractivity contribution in [1.82, 2.24) is 20.5 Å². The number of aromatic amines is 1. The van der Waals surface area contributed by atoms with Gasteiger partial charge >= 0.3 is 6.03 Å². The summed E-state index contributed by atoms with van der Waals surface area (Å²) >= 11 is 1.64. The molecule has 2 rings (SSSR count). The number of thiophene rings is 1. The van der Waals surface area contributed by atoms with Crippen LogP contribution >= 0.6 is 11.3 Å². The molecule has 2 aromatic heterocycles. The predicted octanol–water partition coefficient (Wildman–Crippen LogP) is 2.16. The highest BCUT2D eigenvalue weighted by molar-refractivity contribution is 7.07. The number of carbonyl (C=O) groups is 1. The maximum atomic E-state index is 12.1. The quantitative estimate of drug-likeness (QED) is 0.749. The topological polar surface area (TPSA) is 77.2 Å². The number of likely N-dealkylation sites (N-methyl/N-ethyl adjacent to an activating group) is 1. The number of hydrogen-bond acceptors (Lipinski definition) is 4. The number of H-pyrrole nitrogens is 1. The Morgan fingerprint density at radius 1 is 1.33 bits per heavy atom. The summed E-state index contributed by atoms with van der Waals surface area (Å²) in [6, 6.07) is 3.79. The molecule has 0 fully saturated rings. The van der Waals surface area contributed by atoms with Crippen molar-refractivity contribution in [3.8, 4) is 0 Å². The second kappa shape index (κ2) is 8.12. The van der Waals surface area contributed by atoms with Gasteiger partial charge in [-0.2, -0.15) is 11.3 Å². The lowest BCUT2D eigenvalue weighted by Gasteiger charge is -2.24. The number of amides is 2. The van der Waals surface area contributed by atoms with Gasteiger partial charge in [0, 0.05) is 17.8 Å². The Labute approximate surface area is 145 Å². The molecule has 0 radical (unpaired) electrons. The maximum Gasteiger partial charge on any atom is 0.315 e. The monoisotopic (exact) mass is 348 g/mol. The molecule has 2 aromatic rings. The smallest absolute Gasteiger partial charge is 0.315 e. The summed E-state index contributed by atoms with van der Waals surface area (Å²) in [5.41, 5.74) is 3.29.